The van der Waals surface area contributed by atoms with E-state index in [1.807, 2.05) is 36.1 Å². The number of carbonyl (C=O) groups excluding carboxylic acids is 2. The molecule has 1 aliphatic rings. The molecule has 1 aromatic carbocycles. The molecule has 2 amide bonds. The summed E-state index contributed by atoms with van der Waals surface area (Å²) in [6, 6.07) is 7.51. The van der Waals surface area contributed by atoms with Gasteiger partial charge in [-0.05, 0) is 37.5 Å². The van der Waals surface area contributed by atoms with Crippen molar-refractivity contribution in [3.63, 3.8) is 0 Å². The number of ether oxygens (including phenoxy) is 1. The highest BCUT2D eigenvalue weighted by Crippen LogP contribution is 2.12. The number of rotatable bonds is 7. The van der Waals surface area contributed by atoms with Crippen molar-refractivity contribution in [3.8, 4) is 5.75 Å². The summed E-state index contributed by atoms with van der Waals surface area (Å²) in [4.78, 5) is 25.6. The van der Waals surface area contributed by atoms with E-state index in [1.165, 1.54) is 0 Å². The number of nitrogens with zero attached hydrogens (tertiary/aromatic N) is 1. The van der Waals surface area contributed by atoms with E-state index in [1.54, 1.807) is 0 Å². The average molecular weight is 304 g/mol. The zero-order chi connectivity index (χ0) is 15.8. The molecule has 0 aliphatic carbocycles. The Balaban J connectivity index is 1.67. The van der Waals surface area contributed by atoms with Gasteiger partial charge >= 0.3 is 0 Å². The number of hydrogen-bond donors (Lipinski definition) is 1. The Morgan fingerprint density at radius 1 is 1.18 bits per heavy atom. The number of carbonyl (C=O) groups is 2. The van der Waals surface area contributed by atoms with Crippen LogP contribution in [0.1, 0.15) is 31.7 Å². The molecule has 0 atom stereocenters. The van der Waals surface area contributed by atoms with Gasteiger partial charge in [-0.1, -0.05) is 12.1 Å². The van der Waals surface area contributed by atoms with Gasteiger partial charge in [-0.15, -0.1) is 0 Å². The highest BCUT2D eigenvalue weighted by Gasteiger charge is 2.17. The molecule has 0 spiro atoms. The van der Waals surface area contributed by atoms with Crippen LogP contribution < -0.4 is 10.1 Å². The smallest absolute Gasteiger partial charge is 0.224 e. The maximum absolute atomic E-state index is 11.9. The highest BCUT2D eigenvalue weighted by atomic mass is 16.5. The number of amides is 2. The van der Waals surface area contributed by atoms with Crippen LogP contribution in [0.3, 0.4) is 0 Å². The van der Waals surface area contributed by atoms with Gasteiger partial charge < -0.3 is 15.0 Å². The SMILES string of the molecule is CCOc1ccc(CC(=O)NCCC(=O)N2CCCC2)cc1. The van der Waals surface area contributed by atoms with Gasteiger partial charge in [0.15, 0.2) is 0 Å². The van der Waals surface area contributed by atoms with Crippen LogP contribution in [0.4, 0.5) is 0 Å². The Bertz CT molecular complexity index is 493. The van der Waals surface area contributed by atoms with Gasteiger partial charge in [0.2, 0.25) is 11.8 Å². The maximum Gasteiger partial charge on any atom is 0.224 e. The van der Waals surface area contributed by atoms with Gasteiger partial charge in [0, 0.05) is 26.1 Å². The van der Waals surface area contributed by atoms with Crippen LogP contribution >= 0.6 is 0 Å². The van der Waals surface area contributed by atoms with E-state index in [9.17, 15) is 9.59 Å². The number of benzene rings is 1. The van der Waals surface area contributed by atoms with Gasteiger partial charge in [0.25, 0.3) is 0 Å². The monoisotopic (exact) mass is 304 g/mol. The van der Waals surface area contributed by atoms with Crippen LogP contribution in [0.25, 0.3) is 0 Å². The molecule has 1 heterocycles. The van der Waals surface area contributed by atoms with Crippen LogP contribution in [-0.2, 0) is 16.0 Å². The molecule has 1 N–H and O–H groups in total. The molecule has 0 saturated carbocycles. The van der Waals surface area contributed by atoms with Crippen molar-refractivity contribution in [1.29, 1.82) is 0 Å². The van der Waals surface area contributed by atoms with Gasteiger partial charge in [-0.3, -0.25) is 9.59 Å². The van der Waals surface area contributed by atoms with Crippen LogP contribution in [0.2, 0.25) is 0 Å². The Hall–Kier alpha value is -2.04. The molecule has 1 saturated heterocycles. The zero-order valence-electron chi connectivity index (χ0n) is 13.1. The Morgan fingerprint density at radius 2 is 1.86 bits per heavy atom. The third kappa shape index (κ3) is 5.06. The fourth-order valence-electron chi connectivity index (χ4n) is 2.55. The Kier molecular flexibility index (Phi) is 6.25. The molecule has 0 aromatic heterocycles. The molecule has 1 fully saturated rings. The molecule has 0 bridgehead atoms. The third-order valence-electron chi connectivity index (χ3n) is 3.72. The van der Waals surface area contributed by atoms with Crippen molar-refractivity contribution >= 4 is 11.8 Å². The molecule has 0 radical (unpaired) electrons. The summed E-state index contributed by atoms with van der Waals surface area (Å²) in [5.41, 5.74) is 0.937. The van der Waals surface area contributed by atoms with Crippen molar-refractivity contribution in [2.45, 2.75) is 32.6 Å². The predicted octanol–water partition coefficient (Wildman–Crippen LogP) is 1.76. The lowest BCUT2D eigenvalue weighted by atomic mass is 10.1. The van der Waals surface area contributed by atoms with E-state index in [0.717, 1.165) is 37.2 Å². The topological polar surface area (TPSA) is 58.6 Å². The first-order chi connectivity index (χ1) is 10.7. The summed E-state index contributed by atoms with van der Waals surface area (Å²) in [7, 11) is 0. The van der Waals surface area contributed by atoms with Crippen LogP contribution in [-0.4, -0.2) is 43.0 Å². The molecule has 5 heteroatoms. The molecule has 1 aliphatic heterocycles. The van der Waals surface area contributed by atoms with Crippen LogP contribution in [0, 0.1) is 0 Å². The van der Waals surface area contributed by atoms with E-state index in [2.05, 4.69) is 5.32 Å². The normalized spacial score (nSPS) is 14.0. The van der Waals surface area contributed by atoms with Crippen molar-refractivity contribution in [3.05, 3.63) is 29.8 Å². The molecule has 120 valence electrons. The van der Waals surface area contributed by atoms with E-state index in [-0.39, 0.29) is 11.8 Å². The van der Waals surface area contributed by atoms with E-state index in [0.29, 0.717) is 26.0 Å². The molecule has 1 aromatic rings. The number of hydrogen-bond acceptors (Lipinski definition) is 3. The first-order valence-corrected chi connectivity index (χ1v) is 7.95. The third-order valence-corrected chi connectivity index (χ3v) is 3.72. The summed E-state index contributed by atoms with van der Waals surface area (Å²) in [5.74, 6) is 0.889. The van der Waals surface area contributed by atoms with Crippen molar-refractivity contribution in [1.82, 2.24) is 10.2 Å². The van der Waals surface area contributed by atoms with Crippen molar-refractivity contribution in [2.24, 2.45) is 0 Å². The van der Waals surface area contributed by atoms with Crippen LogP contribution in [0.15, 0.2) is 24.3 Å². The Morgan fingerprint density at radius 3 is 2.50 bits per heavy atom. The first kappa shape index (κ1) is 16.3. The number of nitrogens with one attached hydrogen (secondary N) is 1. The van der Waals surface area contributed by atoms with Crippen LogP contribution in [0.5, 0.6) is 5.75 Å². The second kappa shape index (κ2) is 8.41. The van der Waals surface area contributed by atoms with E-state index in [4.69, 9.17) is 4.74 Å². The minimum Gasteiger partial charge on any atom is -0.494 e. The van der Waals surface area contributed by atoms with Crippen molar-refractivity contribution in [2.75, 3.05) is 26.2 Å². The highest BCUT2D eigenvalue weighted by molar-refractivity contribution is 5.80. The predicted molar refractivity (Wildman–Crippen MR) is 84.8 cm³/mol. The molecule has 0 unspecified atom stereocenters. The minimum absolute atomic E-state index is 0.0571. The summed E-state index contributed by atoms with van der Waals surface area (Å²) >= 11 is 0. The summed E-state index contributed by atoms with van der Waals surface area (Å²) in [5, 5.41) is 2.81. The van der Waals surface area contributed by atoms with Crippen molar-refractivity contribution < 1.29 is 14.3 Å². The summed E-state index contributed by atoms with van der Waals surface area (Å²) < 4.78 is 5.36. The average Bonchev–Trinajstić information content (AvgIpc) is 3.04. The molecule has 22 heavy (non-hydrogen) atoms. The summed E-state index contributed by atoms with van der Waals surface area (Å²) in [6.07, 6.45) is 2.89. The minimum atomic E-state index is -0.0571. The fraction of sp³-hybridized carbons (Fsp3) is 0.529. The summed E-state index contributed by atoms with van der Waals surface area (Å²) in [6.45, 7) is 4.69. The second-order valence-corrected chi connectivity index (χ2v) is 5.44. The van der Waals surface area contributed by atoms with Gasteiger partial charge in [0.1, 0.15) is 5.75 Å². The lowest BCUT2D eigenvalue weighted by Crippen LogP contribution is -2.33. The molecule has 5 nitrogen and oxygen atoms in total. The second-order valence-electron chi connectivity index (χ2n) is 5.44. The van der Waals surface area contributed by atoms with E-state index >= 15 is 0 Å². The lowest BCUT2D eigenvalue weighted by Gasteiger charge is -2.15. The van der Waals surface area contributed by atoms with Gasteiger partial charge in [0.05, 0.1) is 13.0 Å². The molecule has 2 rings (SSSR count). The Labute approximate surface area is 131 Å². The lowest BCUT2D eigenvalue weighted by molar-refractivity contribution is -0.130. The van der Waals surface area contributed by atoms with E-state index < -0.39 is 0 Å². The standard InChI is InChI=1S/C17H24N2O3/c1-2-22-15-7-5-14(6-8-15)13-16(20)18-10-9-17(21)19-11-3-4-12-19/h5-8H,2-4,9-13H2,1H3,(H,18,20). The van der Waals surface area contributed by atoms with Gasteiger partial charge in [-0.25, -0.2) is 0 Å². The molecular formula is C17H24N2O3. The molecular weight excluding hydrogens is 280 g/mol. The first-order valence-electron chi connectivity index (χ1n) is 7.95. The fourth-order valence-corrected chi connectivity index (χ4v) is 2.55. The maximum atomic E-state index is 11.9. The zero-order valence-corrected chi connectivity index (χ0v) is 13.1. The largest absolute Gasteiger partial charge is 0.494 e. The quantitative estimate of drug-likeness (QED) is 0.835. The number of likely N-dealkylation sites (tertiary alicyclic amines) is 1. The van der Waals surface area contributed by atoms with Gasteiger partial charge in [-0.2, -0.15) is 0 Å².